The van der Waals surface area contributed by atoms with Crippen LogP contribution >= 0.6 is 0 Å². The Balaban J connectivity index is 2.05. The van der Waals surface area contributed by atoms with Gasteiger partial charge in [0, 0.05) is 25.9 Å². The van der Waals surface area contributed by atoms with E-state index in [-0.39, 0.29) is 6.54 Å². The number of benzene rings is 2. The zero-order chi connectivity index (χ0) is 20.0. The summed E-state index contributed by atoms with van der Waals surface area (Å²) in [7, 11) is 3.14. The molecule has 7 heteroatoms. The van der Waals surface area contributed by atoms with Crippen molar-refractivity contribution in [2.24, 2.45) is 14.1 Å². The van der Waals surface area contributed by atoms with Crippen molar-refractivity contribution in [2.45, 2.75) is 6.54 Å². The summed E-state index contributed by atoms with van der Waals surface area (Å²) in [6.07, 6.45) is 1.79. The van der Waals surface area contributed by atoms with Crippen LogP contribution in [-0.2, 0) is 20.6 Å². The molecule has 4 rings (SSSR count). The summed E-state index contributed by atoms with van der Waals surface area (Å²) in [5.74, 6) is -1.94. The van der Waals surface area contributed by atoms with Crippen molar-refractivity contribution >= 4 is 11.0 Å². The lowest BCUT2D eigenvalue weighted by atomic mass is 10.1. The molecule has 0 radical (unpaired) electrons. The Morgan fingerprint density at radius 2 is 1.61 bits per heavy atom. The van der Waals surface area contributed by atoms with Crippen LogP contribution in [0.25, 0.3) is 22.2 Å². The first-order chi connectivity index (χ1) is 13.4. The minimum atomic E-state index is -0.983. The normalized spacial score (nSPS) is 11.3. The summed E-state index contributed by atoms with van der Waals surface area (Å²) < 4.78 is 31.1. The van der Waals surface area contributed by atoms with Gasteiger partial charge in [-0.2, -0.15) is 0 Å². The molecule has 0 aliphatic rings. The first kappa shape index (κ1) is 17.9. The number of halogens is 2. The molecule has 0 atom stereocenters. The van der Waals surface area contributed by atoms with E-state index in [0.717, 1.165) is 27.8 Å². The van der Waals surface area contributed by atoms with Crippen LogP contribution in [0.3, 0.4) is 0 Å². The van der Waals surface area contributed by atoms with E-state index in [1.807, 2.05) is 30.3 Å². The molecule has 142 valence electrons. The van der Waals surface area contributed by atoms with Gasteiger partial charge in [-0.3, -0.25) is 13.9 Å². The van der Waals surface area contributed by atoms with Crippen molar-refractivity contribution in [3.8, 4) is 11.1 Å². The van der Waals surface area contributed by atoms with Gasteiger partial charge >= 0.3 is 5.69 Å². The van der Waals surface area contributed by atoms with Crippen LogP contribution in [-0.4, -0.2) is 13.7 Å². The second-order valence-corrected chi connectivity index (χ2v) is 6.70. The molecule has 0 spiro atoms. The number of aryl methyl sites for hydroxylation is 1. The summed E-state index contributed by atoms with van der Waals surface area (Å²) in [5.41, 5.74) is 1.88. The fourth-order valence-electron chi connectivity index (χ4n) is 3.46. The van der Waals surface area contributed by atoms with Gasteiger partial charge in [0.1, 0.15) is 5.52 Å². The third kappa shape index (κ3) is 2.76. The molecule has 28 heavy (non-hydrogen) atoms. The summed E-state index contributed by atoms with van der Waals surface area (Å²) in [5, 5.41) is 0. The summed E-state index contributed by atoms with van der Waals surface area (Å²) in [4.78, 5) is 25.6. The fraction of sp³-hybridized carbons (Fsp3) is 0.143. The van der Waals surface area contributed by atoms with Crippen LogP contribution in [0.15, 0.2) is 64.3 Å². The molecule has 0 saturated heterocycles. The fourth-order valence-corrected chi connectivity index (χ4v) is 3.46. The average Bonchev–Trinajstić information content (AvgIpc) is 3.04. The maximum absolute atomic E-state index is 13.7. The summed E-state index contributed by atoms with van der Waals surface area (Å²) in [6.45, 7) is 0.00446. The van der Waals surface area contributed by atoms with E-state index in [1.54, 1.807) is 17.8 Å². The maximum atomic E-state index is 13.7. The number of rotatable bonds is 3. The summed E-state index contributed by atoms with van der Waals surface area (Å²) in [6, 6.07) is 12.9. The van der Waals surface area contributed by atoms with Crippen LogP contribution in [0.1, 0.15) is 5.56 Å². The number of fused-ring (bicyclic) bond motifs is 1. The van der Waals surface area contributed by atoms with Gasteiger partial charge in [0.05, 0.1) is 12.1 Å². The minimum Gasteiger partial charge on any atom is -0.344 e. The molecular weight excluding hydrogens is 364 g/mol. The topological polar surface area (TPSA) is 48.9 Å². The first-order valence-electron chi connectivity index (χ1n) is 8.66. The lowest BCUT2D eigenvalue weighted by molar-refractivity contribution is 0.506. The molecule has 0 unspecified atom stereocenters. The standard InChI is InChI=1S/C21H17F2N3O2/c1-24-12-15(14-6-4-3-5-7-14)18-19(24)20(27)25(2)21(28)26(18)11-13-8-9-16(22)17(23)10-13/h3-10,12H,11H2,1-2H3. The van der Waals surface area contributed by atoms with Crippen LogP contribution in [0.2, 0.25) is 0 Å². The third-order valence-corrected chi connectivity index (χ3v) is 4.86. The van der Waals surface area contributed by atoms with Gasteiger partial charge in [0.15, 0.2) is 11.6 Å². The highest BCUT2D eigenvalue weighted by molar-refractivity contribution is 5.93. The number of hydrogen-bond donors (Lipinski definition) is 0. The van der Waals surface area contributed by atoms with Gasteiger partial charge in [-0.15, -0.1) is 0 Å². The van der Waals surface area contributed by atoms with E-state index in [0.29, 0.717) is 16.6 Å². The maximum Gasteiger partial charge on any atom is 0.331 e. The lowest BCUT2D eigenvalue weighted by Crippen LogP contribution is -2.38. The van der Waals surface area contributed by atoms with Gasteiger partial charge in [-0.25, -0.2) is 13.6 Å². The SMILES string of the molecule is Cn1c(=O)c2c(c(-c3ccccc3)cn2C)n(Cc2ccc(F)c(F)c2)c1=O. The van der Waals surface area contributed by atoms with E-state index in [1.165, 1.54) is 17.7 Å². The molecule has 0 bridgehead atoms. The lowest BCUT2D eigenvalue weighted by Gasteiger charge is -2.12. The monoisotopic (exact) mass is 381 g/mol. The van der Waals surface area contributed by atoms with Gasteiger partial charge in [-0.1, -0.05) is 36.4 Å². The quantitative estimate of drug-likeness (QED) is 0.548. The zero-order valence-electron chi connectivity index (χ0n) is 15.3. The summed E-state index contributed by atoms with van der Waals surface area (Å²) >= 11 is 0. The molecule has 5 nitrogen and oxygen atoms in total. The Labute approximate surface area is 158 Å². The molecule has 2 aromatic carbocycles. The molecule has 2 aromatic heterocycles. The van der Waals surface area contributed by atoms with Crippen LogP contribution in [0.5, 0.6) is 0 Å². The van der Waals surface area contributed by atoms with E-state index in [2.05, 4.69) is 0 Å². The van der Waals surface area contributed by atoms with Crippen molar-refractivity contribution in [1.29, 1.82) is 0 Å². The minimum absolute atomic E-state index is 0.00446. The van der Waals surface area contributed by atoms with Crippen LogP contribution < -0.4 is 11.2 Å². The number of hydrogen-bond acceptors (Lipinski definition) is 2. The highest BCUT2D eigenvalue weighted by atomic mass is 19.2. The van der Waals surface area contributed by atoms with Crippen LogP contribution in [0.4, 0.5) is 8.78 Å². The van der Waals surface area contributed by atoms with Gasteiger partial charge in [-0.05, 0) is 23.3 Å². The van der Waals surface area contributed by atoms with Gasteiger partial charge < -0.3 is 4.57 Å². The van der Waals surface area contributed by atoms with Crippen molar-refractivity contribution in [1.82, 2.24) is 13.7 Å². The van der Waals surface area contributed by atoms with Crippen molar-refractivity contribution in [2.75, 3.05) is 0 Å². The number of aromatic nitrogens is 3. The molecule has 2 heterocycles. The molecule has 0 aliphatic heterocycles. The van der Waals surface area contributed by atoms with Crippen molar-refractivity contribution in [3.63, 3.8) is 0 Å². The van der Waals surface area contributed by atoms with E-state index in [4.69, 9.17) is 0 Å². The molecular formula is C21H17F2N3O2. The van der Waals surface area contributed by atoms with Crippen molar-refractivity contribution < 1.29 is 8.78 Å². The van der Waals surface area contributed by atoms with Gasteiger partial charge in [0.2, 0.25) is 0 Å². The molecule has 0 N–H and O–H groups in total. The second kappa shape index (κ2) is 6.60. The molecule has 0 fully saturated rings. The van der Waals surface area contributed by atoms with Crippen LogP contribution in [0, 0.1) is 11.6 Å². The number of nitrogens with zero attached hydrogens (tertiary/aromatic N) is 3. The molecule has 0 amide bonds. The Morgan fingerprint density at radius 1 is 0.893 bits per heavy atom. The third-order valence-electron chi connectivity index (χ3n) is 4.86. The Kier molecular flexibility index (Phi) is 4.22. The predicted octanol–water partition coefficient (Wildman–Crippen LogP) is 3.03. The Bertz CT molecular complexity index is 1320. The zero-order valence-corrected chi connectivity index (χ0v) is 15.3. The largest absolute Gasteiger partial charge is 0.344 e. The Hall–Kier alpha value is -3.48. The molecule has 0 saturated carbocycles. The van der Waals surface area contributed by atoms with E-state index in [9.17, 15) is 18.4 Å². The van der Waals surface area contributed by atoms with E-state index < -0.39 is 22.9 Å². The second-order valence-electron chi connectivity index (χ2n) is 6.70. The average molecular weight is 381 g/mol. The van der Waals surface area contributed by atoms with E-state index >= 15 is 0 Å². The highest BCUT2D eigenvalue weighted by Gasteiger charge is 2.19. The first-order valence-corrected chi connectivity index (χ1v) is 8.66. The van der Waals surface area contributed by atoms with Gasteiger partial charge in [0.25, 0.3) is 5.56 Å². The molecule has 0 aliphatic carbocycles. The predicted molar refractivity (Wildman–Crippen MR) is 103 cm³/mol. The highest BCUT2D eigenvalue weighted by Crippen LogP contribution is 2.28. The molecule has 4 aromatic rings. The smallest absolute Gasteiger partial charge is 0.331 e. The Morgan fingerprint density at radius 3 is 2.29 bits per heavy atom. The van der Waals surface area contributed by atoms with Crippen molar-refractivity contribution in [3.05, 3.63) is 92.8 Å².